The van der Waals surface area contributed by atoms with Crippen molar-refractivity contribution in [3.63, 3.8) is 0 Å². The lowest BCUT2D eigenvalue weighted by molar-refractivity contribution is -0.115. The predicted molar refractivity (Wildman–Crippen MR) is 85.9 cm³/mol. The summed E-state index contributed by atoms with van der Waals surface area (Å²) in [5.41, 5.74) is 2.92. The molecule has 0 radical (unpaired) electrons. The minimum absolute atomic E-state index is 0.0386. The number of amides is 2. The van der Waals surface area contributed by atoms with Gasteiger partial charge in [0.15, 0.2) is 0 Å². The first-order valence-corrected chi connectivity index (χ1v) is 7.49. The van der Waals surface area contributed by atoms with Crippen LogP contribution in [0.1, 0.15) is 25.7 Å². The van der Waals surface area contributed by atoms with Crippen LogP contribution in [0.2, 0.25) is 0 Å². The number of hydrogen-bond donors (Lipinski definition) is 2. The van der Waals surface area contributed by atoms with Gasteiger partial charge in [0.1, 0.15) is 0 Å². The summed E-state index contributed by atoms with van der Waals surface area (Å²) in [6.07, 6.45) is 0. The summed E-state index contributed by atoms with van der Waals surface area (Å²) in [7, 11) is 0. The third-order valence-electron chi connectivity index (χ3n) is 3.03. The number of benzene rings is 1. The van der Waals surface area contributed by atoms with Gasteiger partial charge in [0, 0.05) is 10.6 Å². The van der Waals surface area contributed by atoms with E-state index >= 15 is 0 Å². The molecule has 0 fully saturated rings. The zero-order valence-corrected chi connectivity index (χ0v) is 13.1. The zero-order valence-electron chi connectivity index (χ0n) is 12.3. The number of hydrogen-bond acceptors (Lipinski definition) is 3. The van der Waals surface area contributed by atoms with Crippen LogP contribution >= 0.6 is 11.3 Å². The van der Waals surface area contributed by atoms with Crippen molar-refractivity contribution in [2.45, 2.75) is 20.8 Å². The molecule has 2 rings (SSSR count). The highest BCUT2D eigenvalue weighted by molar-refractivity contribution is 7.13. The molecule has 0 unspecified atom stereocenters. The molecule has 1 aromatic heterocycles. The standard InChI is InChI=1S/C16H18N2O2S/c1-10-4-6-13(11(2)8-10)18-15(19)9-17-16(20)14-7-5-12(3)21-14/h4-8H,9H2,1-3H3,(H,17,20)(H,18,19). The Morgan fingerprint density at radius 1 is 1.10 bits per heavy atom. The highest BCUT2D eigenvalue weighted by Gasteiger charge is 2.10. The quantitative estimate of drug-likeness (QED) is 0.912. The molecule has 2 aromatic rings. The van der Waals surface area contributed by atoms with E-state index in [9.17, 15) is 9.59 Å². The first kappa shape index (κ1) is 15.3. The van der Waals surface area contributed by atoms with Gasteiger partial charge >= 0.3 is 0 Å². The maximum Gasteiger partial charge on any atom is 0.261 e. The van der Waals surface area contributed by atoms with Crippen LogP contribution in [-0.2, 0) is 4.79 Å². The van der Waals surface area contributed by atoms with Crippen molar-refractivity contribution in [2.75, 3.05) is 11.9 Å². The molecule has 0 saturated carbocycles. The summed E-state index contributed by atoms with van der Waals surface area (Å²) >= 11 is 1.41. The first-order valence-electron chi connectivity index (χ1n) is 6.67. The lowest BCUT2D eigenvalue weighted by atomic mass is 10.1. The van der Waals surface area contributed by atoms with Gasteiger partial charge in [-0.2, -0.15) is 0 Å². The molecule has 0 bridgehead atoms. The fourth-order valence-electron chi connectivity index (χ4n) is 1.95. The maximum absolute atomic E-state index is 11.9. The molecular weight excluding hydrogens is 284 g/mol. The second-order valence-corrected chi connectivity index (χ2v) is 6.25. The Labute approximate surface area is 128 Å². The summed E-state index contributed by atoms with van der Waals surface area (Å²) in [5.74, 6) is -0.451. The van der Waals surface area contributed by atoms with Gasteiger partial charge in [0.2, 0.25) is 5.91 Å². The van der Waals surface area contributed by atoms with Crippen molar-refractivity contribution in [1.82, 2.24) is 5.32 Å². The van der Waals surface area contributed by atoms with Gasteiger partial charge in [0.25, 0.3) is 5.91 Å². The van der Waals surface area contributed by atoms with E-state index in [1.807, 2.05) is 45.0 Å². The van der Waals surface area contributed by atoms with Crippen molar-refractivity contribution < 1.29 is 9.59 Å². The molecule has 21 heavy (non-hydrogen) atoms. The van der Waals surface area contributed by atoms with Crippen LogP contribution in [0.5, 0.6) is 0 Å². The fourth-order valence-corrected chi connectivity index (χ4v) is 2.74. The number of carbonyl (C=O) groups excluding carboxylic acids is 2. The Morgan fingerprint density at radius 2 is 1.86 bits per heavy atom. The van der Waals surface area contributed by atoms with Gasteiger partial charge in [-0.25, -0.2) is 0 Å². The molecule has 0 aliphatic heterocycles. The van der Waals surface area contributed by atoms with Crippen LogP contribution in [-0.4, -0.2) is 18.4 Å². The van der Waals surface area contributed by atoms with Crippen molar-refractivity contribution in [3.8, 4) is 0 Å². The van der Waals surface area contributed by atoms with E-state index < -0.39 is 0 Å². The monoisotopic (exact) mass is 302 g/mol. The molecule has 0 aliphatic rings. The second kappa shape index (κ2) is 6.54. The largest absolute Gasteiger partial charge is 0.342 e. The van der Waals surface area contributed by atoms with Crippen LogP contribution in [0, 0.1) is 20.8 Å². The predicted octanol–water partition coefficient (Wildman–Crippen LogP) is 3.04. The van der Waals surface area contributed by atoms with Gasteiger partial charge in [0.05, 0.1) is 11.4 Å². The third-order valence-corrected chi connectivity index (χ3v) is 4.03. The minimum Gasteiger partial charge on any atom is -0.342 e. The van der Waals surface area contributed by atoms with Crippen molar-refractivity contribution in [1.29, 1.82) is 0 Å². The molecule has 5 heteroatoms. The highest BCUT2D eigenvalue weighted by atomic mass is 32.1. The molecule has 2 N–H and O–H groups in total. The highest BCUT2D eigenvalue weighted by Crippen LogP contribution is 2.16. The Hall–Kier alpha value is -2.14. The Bertz CT molecular complexity index is 677. The summed E-state index contributed by atoms with van der Waals surface area (Å²) in [6.45, 7) is 5.84. The molecular formula is C16H18N2O2S. The van der Waals surface area contributed by atoms with Gasteiger partial charge in [-0.05, 0) is 44.5 Å². The van der Waals surface area contributed by atoms with Gasteiger partial charge in [-0.3, -0.25) is 9.59 Å². The van der Waals surface area contributed by atoms with E-state index in [0.717, 1.165) is 21.7 Å². The van der Waals surface area contributed by atoms with E-state index in [-0.39, 0.29) is 18.4 Å². The van der Waals surface area contributed by atoms with Gasteiger partial charge < -0.3 is 10.6 Å². The Morgan fingerprint density at radius 3 is 2.48 bits per heavy atom. The van der Waals surface area contributed by atoms with Crippen LogP contribution in [0.15, 0.2) is 30.3 Å². The average Bonchev–Trinajstić information content (AvgIpc) is 2.86. The van der Waals surface area contributed by atoms with Gasteiger partial charge in [-0.15, -0.1) is 11.3 Å². The SMILES string of the molecule is Cc1ccc(NC(=O)CNC(=O)c2ccc(C)s2)c(C)c1. The van der Waals surface area contributed by atoms with Crippen molar-refractivity contribution in [2.24, 2.45) is 0 Å². The molecule has 1 aromatic carbocycles. The molecule has 0 saturated heterocycles. The van der Waals surface area contributed by atoms with Crippen LogP contribution in [0.3, 0.4) is 0 Å². The van der Waals surface area contributed by atoms with E-state index in [0.29, 0.717) is 4.88 Å². The van der Waals surface area contributed by atoms with E-state index in [4.69, 9.17) is 0 Å². The fraction of sp³-hybridized carbons (Fsp3) is 0.250. The number of thiophene rings is 1. The average molecular weight is 302 g/mol. The van der Waals surface area contributed by atoms with Crippen LogP contribution < -0.4 is 10.6 Å². The van der Waals surface area contributed by atoms with Gasteiger partial charge in [-0.1, -0.05) is 17.7 Å². The zero-order chi connectivity index (χ0) is 15.4. The van der Waals surface area contributed by atoms with E-state index in [2.05, 4.69) is 10.6 Å². The molecule has 2 amide bonds. The number of rotatable bonds is 4. The number of carbonyl (C=O) groups is 2. The molecule has 110 valence electrons. The number of nitrogens with one attached hydrogen (secondary N) is 2. The molecule has 0 spiro atoms. The summed E-state index contributed by atoms with van der Waals surface area (Å²) in [5, 5.41) is 5.42. The van der Waals surface area contributed by atoms with E-state index in [1.54, 1.807) is 6.07 Å². The molecule has 0 atom stereocenters. The topological polar surface area (TPSA) is 58.2 Å². The lowest BCUT2D eigenvalue weighted by Gasteiger charge is -2.09. The van der Waals surface area contributed by atoms with Crippen LogP contribution in [0.25, 0.3) is 0 Å². The summed E-state index contributed by atoms with van der Waals surface area (Å²) in [6, 6.07) is 9.46. The van der Waals surface area contributed by atoms with Crippen LogP contribution in [0.4, 0.5) is 5.69 Å². The number of aryl methyl sites for hydroxylation is 3. The smallest absolute Gasteiger partial charge is 0.261 e. The van der Waals surface area contributed by atoms with Crippen molar-refractivity contribution >= 4 is 28.8 Å². The third kappa shape index (κ3) is 4.16. The first-order chi connectivity index (χ1) is 9.95. The van der Waals surface area contributed by atoms with E-state index in [1.165, 1.54) is 11.3 Å². The Balaban J connectivity index is 1.89. The molecule has 1 heterocycles. The van der Waals surface area contributed by atoms with Crippen molar-refractivity contribution in [3.05, 3.63) is 51.2 Å². The molecule has 0 aliphatic carbocycles. The lowest BCUT2D eigenvalue weighted by Crippen LogP contribution is -2.32. The maximum atomic E-state index is 11.9. The second-order valence-electron chi connectivity index (χ2n) is 4.96. The Kier molecular flexibility index (Phi) is 4.75. The molecule has 4 nitrogen and oxygen atoms in total. The minimum atomic E-state index is -0.233. The normalized spacial score (nSPS) is 10.2. The summed E-state index contributed by atoms with van der Waals surface area (Å²) in [4.78, 5) is 25.4. The number of anilines is 1. The summed E-state index contributed by atoms with van der Waals surface area (Å²) < 4.78 is 0.